The molecule has 0 saturated heterocycles. The molecule has 2 N–H and O–H groups in total. The van der Waals surface area contributed by atoms with E-state index in [0.717, 1.165) is 22.5 Å². The third kappa shape index (κ3) is 1.67. The van der Waals surface area contributed by atoms with Crippen molar-refractivity contribution < 1.29 is 4.39 Å². The van der Waals surface area contributed by atoms with Gasteiger partial charge in [-0.15, -0.1) is 0 Å². The van der Waals surface area contributed by atoms with Gasteiger partial charge in [-0.05, 0) is 30.3 Å². The summed E-state index contributed by atoms with van der Waals surface area (Å²) in [7, 11) is 0. The third-order valence-electron chi connectivity index (χ3n) is 2.88. The minimum Gasteiger partial charge on any atom is -0.324 e. The molecule has 0 aliphatic carbocycles. The predicted octanol–water partition coefficient (Wildman–Crippen LogP) is 2.62. The predicted molar refractivity (Wildman–Crippen MR) is 68.9 cm³/mol. The molecule has 3 rings (SSSR count). The van der Waals surface area contributed by atoms with Crippen LogP contribution < -0.4 is 5.73 Å². The maximum absolute atomic E-state index is 13.3. The van der Waals surface area contributed by atoms with Gasteiger partial charge in [0.25, 0.3) is 0 Å². The first-order chi connectivity index (χ1) is 8.79. The number of imidazole rings is 1. The molecule has 3 nitrogen and oxygen atoms in total. The zero-order valence-corrected chi connectivity index (χ0v) is 9.68. The first-order valence-corrected chi connectivity index (χ1v) is 5.72. The van der Waals surface area contributed by atoms with Crippen molar-refractivity contribution in [2.45, 2.75) is 6.54 Å². The van der Waals surface area contributed by atoms with Crippen molar-refractivity contribution >= 4 is 11.0 Å². The lowest BCUT2D eigenvalue weighted by atomic mass is 10.2. The summed E-state index contributed by atoms with van der Waals surface area (Å²) >= 11 is 0. The summed E-state index contributed by atoms with van der Waals surface area (Å²) in [5.41, 5.74) is 8.25. The van der Waals surface area contributed by atoms with Crippen LogP contribution in [0, 0.1) is 5.82 Å². The molecule has 0 amide bonds. The van der Waals surface area contributed by atoms with Crippen molar-refractivity contribution in [2.24, 2.45) is 5.73 Å². The second-order valence-electron chi connectivity index (χ2n) is 4.04. The highest BCUT2D eigenvalue weighted by molar-refractivity contribution is 5.78. The summed E-state index contributed by atoms with van der Waals surface area (Å²) in [4.78, 5) is 4.45. The van der Waals surface area contributed by atoms with E-state index >= 15 is 0 Å². The summed E-state index contributed by atoms with van der Waals surface area (Å²) in [6.45, 7) is 0.311. The van der Waals surface area contributed by atoms with Crippen LogP contribution in [0.15, 0.2) is 48.5 Å². The fraction of sp³-hybridized carbons (Fsp3) is 0.0714. The van der Waals surface area contributed by atoms with Gasteiger partial charge in [0.2, 0.25) is 0 Å². The summed E-state index contributed by atoms with van der Waals surface area (Å²) < 4.78 is 15.2. The van der Waals surface area contributed by atoms with Crippen LogP contribution in [0.1, 0.15) is 5.82 Å². The molecule has 90 valence electrons. The highest BCUT2D eigenvalue weighted by atomic mass is 19.1. The quantitative estimate of drug-likeness (QED) is 0.749. The van der Waals surface area contributed by atoms with Crippen LogP contribution in [0.25, 0.3) is 16.7 Å². The van der Waals surface area contributed by atoms with Gasteiger partial charge in [0, 0.05) is 0 Å². The molecule has 0 unspecified atom stereocenters. The van der Waals surface area contributed by atoms with Crippen molar-refractivity contribution in [3.05, 3.63) is 60.2 Å². The number of nitrogens with zero attached hydrogens (tertiary/aromatic N) is 2. The van der Waals surface area contributed by atoms with E-state index < -0.39 is 0 Å². The second kappa shape index (κ2) is 4.23. The average molecular weight is 241 g/mol. The number of aromatic nitrogens is 2. The monoisotopic (exact) mass is 241 g/mol. The Kier molecular flexibility index (Phi) is 2.57. The molecule has 18 heavy (non-hydrogen) atoms. The lowest BCUT2D eigenvalue weighted by Gasteiger charge is -2.07. The van der Waals surface area contributed by atoms with Crippen LogP contribution in [0.4, 0.5) is 4.39 Å². The Labute approximate surface area is 104 Å². The van der Waals surface area contributed by atoms with Gasteiger partial charge in [0.05, 0.1) is 23.3 Å². The molecule has 3 aromatic rings. The third-order valence-corrected chi connectivity index (χ3v) is 2.88. The van der Waals surface area contributed by atoms with Gasteiger partial charge in [0.15, 0.2) is 0 Å². The van der Waals surface area contributed by atoms with Gasteiger partial charge in [-0.2, -0.15) is 0 Å². The number of rotatable bonds is 2. The van der Waals surface area contributed by atoms with E-state index in [1.54, 1.807) is 6.07 Å². The number of para-hydroxylation sites is 2. The lowest BCUT2D eigenvalue weighted by Crippen LogP contribution is -2.06. The molecule has 0 atom stereocenters. The summed E-state index contributed by atoms with van der Waals surface area (Å²) in [5, 5.41) is 0. The Balaban J connectivity index is 2.33. The summed E-state index contributed by atoms with van der Waals surface area (Å²) in [6, 6.07) is 14.1. The Morgan fingerprint density at radius 1 is 1.11 bits per heavy atom. The molecule has 0 aliphatic rings. The SMILES string of the molecule is NCc1nc2ccccc2n1-c1cccc(F)c1. The summed E-state index contributed by atoms with van der Waals surface area (Å²) in [6.07, 6.45) is 0. The fourth-order valence-electron chi connectivity index (χ4n) is 2.12. The van der Waals surface area contributed by atoms with E-state index in [1.165, 1.54) is 12.1 Å². The van der Waals surface area contributed by atoms with E-state index in [9.17, 15) is 4.39 Å². The van der Waals surface area contributed by atoms with Crippen LogP contribution in [0.3, 0.4) is 0 Å². The number of hydrogen-bond acceptors (Lipinski definition) is 2. The minimum atomic E-state index is -0.270. The molecule has 0 aliphatic heterocycles. The van der Waals surface area contributed by atoms with Crippen LogP contribution in [-0.2, 0) is 6.54 Å². The van der Waals surface area contributed by atoms with Crippen molar-refractivity contribution in [1.82, 2.24) is 9.55 Å². The van der Waals surface area contributed by atoms with E-state index in [2.05, 4.69) is 4.98 Å². The van der Waals surface area contributed by atoms with Crippen molar-refractivity contribution in [1.29, 1.82) is 0 Å². The van der Waals surface area contributed by atoms with Gasteiger partial charge < -0.3 is 5.73 Å². The molecule has 2 aromatic carbocycles. The molecule has 4 heteroatoms. The fourth-order valence-corrected chi connectivity index (χ4v) is 2.12. The molecular formula is C14H12FN3. The molecule has 1 aromatic heterocycles. The number of hydrogen-bond donors (Lipinski definition) is 1. The molecule has 0 saturated carbocycles. The highest BCUT2D eigenvalue weighted by Crippen LogP contribution is 2.21. The van der Waals surface area contributed by atoms with Crippen molar-refractivity contribution in [2.75, 3.05) is 0 Å². The van der Waals surface area contributed by atoms with E-state index in [-0.39, 0.29) is 5.82 Å². The lowest BCUT2D eigenvalue weighted by molar-refractivity contribution is 0.626. The maximum atomic E-state index is 13.3. The maximum Gasteiger partial charge on any atom is 0.128 e. The van der Waals surface area contributed by atoms with Gasteiger partial charge >= 0.3 is 0 Å². The number of benzene rings is 2. The van der Waals surface area contributed by atoms with Gasteiger partial charge in [-0.25, -0.2) is 9.37 Å². The van der Waals surface area contributed by atoms with Crippen LogP contribution in [0.2, 0.25) is 0 Å². The normalized spacial score (nSPS) is 11.0. The molecule has 1 heterocycles. The standard InChI is InChI=1S/C14H12FN3/c15-10-4-3-5-11(8-10)18-13-7-2-1-6-12(13)17-14(18)9-16/h1-8H,9,16H2. The second-order valence-corrected chi connectivity index (χ2v) is 4.04. The molecule has 0 radical (unpaired) electrons. The molecule has 0 bridgehead atoms. The van der Waals surface area contributed by atoms with Gasteiger partial charge in [-0.1, -0.05) is 18.2 Å². The average Bonchev–Trinajstić information content (AvgIpc) is 2.77. The largest absolute Gasteiger partial charge is 0.324 e. The summed E-state index contributed by atoms with van der Waals surface area (Å²) in [5.74, 6) is 0.454. The Morgan fingerprint density at radius 3 is 2.72 bits per heavy atom. The molecule has 0 fully saturated rings. The van der Waals surface area contributed by atoms with Crippen molar-refractivity contribution in [3.63, 3.8) is 0 Å². The van der Waals surface area contributed by atoms with Crippen LogP contribution in [0.5, 0.6) is 0 Å². The number of halogens is 1. The van der Waals surface area contributed by atoms with Gasteiger partial charge in [0.1, 0.15) is 11.6 Å². The Bertz CT molecular complexity index is 703. The zero-order valence-electron chi connectivity index (χ0n) is 9.68. The van der Waals surface area contributed by atoms with Gasteiger partial charge in [-0.3, -0.25) is 4.57 Å². The van der Waals surface area contributed by atoms with Crippen LogP contribution in [-0.4, -0.2) is 9.55 Å². The van der Waals surface area contributed by atoms with E-state index in [0.29, 0.717) is 6.54 Å². The Hall–Kier alpha value is -2.20. The molecular weight excluding hydrogens is 229 g/mol. The Morgan fingerprint density at radius 2 is 1.94 bits per heavy atom. The first kappa shape index (κ1) is 10.9. The van der Waals surface area contributed by atoms with Crippen molar-refractivity contribution in [3.8, 4) is 5.69 Å². The van der Waals surface area contributed by atoms with E-state index in [1.807, 2.05) is 34.9 Å². The number of nitrogens with two attached hydrogens (primary N) is 1. The minimum absolute atomic E-state index is 0.270. The smallest absolute Gasteiger partial charge is 0.128 e. The molecule has 0 spiro atoms. The number of fused-ring (bicyclic) bond motifs is 1. The van der Waals surface area contributed by atoms with E-state index in [4.69, 9.17) is 5.73 Å². The highest BCUT2D eigenvalue weighted by Gasteiger charge is 2.10. The first-order valence-electron chi connectivity index (χ1n) is 5.72. The van der Waals surface area contributed by atoms with Crippen LogP contribution >= 0.6 is 0 Å². The zero-order chi connectivity index (χ0) is 12.5. The topological polar surface area (TPSA) is 43.8 Å².